The van der Waals surface area contributed by atoms with Gasteiger partial charge in [-0.15, -0.1) is 0 Å². The summed E-state index contributed by atoms with van der Waals surface area (Å²) in [5, 5.41) is 0.260. The summed E-state index contributed by atoms with van der Waals surface area (Å²) in [6.07, 6.45) is 0.936. The van der Waals surface area contributed by atoms with E-state index in [0.717, 1.165) is 11.1 Å². The van der Waals surface area contributed by atoms with Gasteiger partial charge in [0.15, 0.2) is 5.58 Å². The molecule has 4 aromatic rings. The van der Waals surface area contributed by atoms with Crippen molar-refractivity contribution in [2.24, 2.45) is 0 Å². The first-order valence-corrected chi connectivity index (χ1v) is 12.2. The van der Waals surface area contributed by atoms with Crippen molar-refractivity contribution in [3.8, 4) is 11.1 Å². The maximum absolute atomic E-state index is 14.6. The molecule has 0 aliphatic carbocycles. The Labute approximate surface area is 214 Å². The van der Waals surface area contributed by atoms with Crippen LogP contribution in [0.1, 0.15) is 41.3 Å². The van der Waals surface area contributed by atoms with Gasteiger partial charge in [-0.25, -0.2) is 9.18 Å². The number of benzene rings is 2. The fourth-order valence-corrected chi connectivity index (χ4v) is 4.81. The van der Waals surface area contributed by atoms with E-state index in [0.29, 0.717) is 42.0 Å². The molecule has 7 heteroatoms. The minimum Gasteiger partial charge on any atom is -0.422 e. The van der Waals surface area contributed by atoms with Gasteiger partial charge in [0.1, 0.15) is 11.6 Å². The Kier molecular flexibility index (Phi) is 7.83. The summed E-state index contributed by atoms with van der Waals surface area (Å²) < 4.78 is 27.3. The summed E-state index contributed by atoms with van der Waals surface area (Å²) >= 11 is 0. The average Bonchev–Trinajstić information content (AvgIpc) is 2.85. The summed E-state index contributed by atoms with van der Waals surface area (Å²) in [4.78, 5) is 38.7. The number of pyridine rings is 1. The molecule has 0 amide bonds. The number of halogens is 1. The third-order valence-electron chi connectivity index (χ3n) is 6.66. The monoisotopic (exact) mass is 503 g/mol. The highest BCUT2D eigenvalue weighted by Crippen LogP contribution is 2.33. The van der Waals surface area contributed by atoms with E-state index in [1.807, 2.05) is 31.2 Å². The zero-order valence-electron chi connectivity index (χ0n) is 21.5. The second kappa shape index (κ2) is 11.0. The molecular weight excluding hydrogens is 473 g/mol. The van der Waals surface area contributed by atoms with Crippen LogP contribution >= 0.6 is 0 Å². The van der Waals surface area contributed by atoms with Crippen LogP contribution in [0.2, 0.25) is 0 Å². The second-order valence-electron chi connectivity index (χ2n) is 9.31. The van der Waals surface area contributed by atoms with E-state index in [2.05, 4.69) is 0 Å². The van der Waals surface area contributed by atoms with Crippen molar-refractivity contribution in [3.63, 3.8) is 0 Å². The van der Waals surface area contributed by atoms with Gasteiger partial charge in [-0.1, -0.05) is 42.5 Å². The Morgan fingerprint density at radius 3 is 2.54 bits per heavy atom. The van der Waals surface area contributed by atoms with Crippen LogP contribution in [-0.4, -0.2) is 24.1 Å². The predicted octanol–water partition coefficient (Wildman–Crippen LogP) is 5.14. The van der Waals surface area contributed by atoms with Crippen LogP contribution in [0.5, 0.6) is 0 Å². The van der Waals surface area contributed by atoms with Crippen molar-refractivity contribution < 1.29 is 18.3 Å². The lowest BCUT2D eigenvalue weighted by Crippen LogP contribution is -2.27. The molecule has 0 atom stereocenters. The molecule has 0 N–H and O–H groups in total. The first-order valence-electron chi connectivity index (χ1n) is 12.2. The number of hydrogen-bond acceptors (Lipinski definition) is 5. The van der Waals surface area contributed by atoms with E-state index in [4.69, 9.17) is 9.15 Å². The third-order valence-corrected chi connectivity index (χ3v) is 6.66. The van der Waals surface area contributed by atoms with Gasteiger partial charge in [-0.2, -0.15) is 0 Å². The van der Waals surface area contributed by atoms with Crippen LogP contribution in [-0.2, 0) is 28.9 Å². The predicted molar refractivity (Wildman–Crippen MR) is 142 cm³/mol. The molecule has 2 heterocycles. The van der Waals surface area contributed by atoms with Crippen LogP contribution in [0.4, 0.5) is 4.39 Å². The van der Waals surface area contributed by atoms with Gasteiger partial charge in [0, 0.05) is 49.9 Å². The molecular formula is C30H30FNO5. The fourth-order valence-electron chi connectivity index (χ4n) is 4.81. The van der Waals surface area contributed by atoms with Crippen molar-refractivity contribution in [3.05, 3.63) is 103 Å². The first-order chi connectivity index (χ1) is 17.7. The van der Waals surface area contributed by atoms with Gasteiger partial charge in [0.25, 0.3) is 5.56 Å². The van der Waals surface area contributed by atoms with E-state index in [1.165, 1.54) is 13.0 Å². The summed E-state index contributed by atoms with van der Waals surface area (Å²) in [5.74, 6) is -0.384. The van der Waals surface area contributed by atoms with E-state index in [1.54, 1.807) is 36.8 Å². The van der Waals surface area contributed by atoms with Gasteiger partial charge in [0.05, 0.1) is 5.39 Å². The molecule has 37 heavy (non-hydrogen) atoms. The molecule has 0 spiro atoms. The van der Waals surface area contributed by atoms with Crippen molar-refractivity contribution in [2.75, 3.05) is 13.7 Å². The highest BCUT2D eigenvalue weighted by Gasteiger charge is 2.24. The molecule has 0 radical (unpaired) electrons. The Bertz CT molecular complexity index is 1600. The number of aromatic nitrogens is 1. The van der Waals surface area contributed by atoms with Crippen LogP contribution in [0.3, 0.4) is 0 Å². The Hall–Kier alpha value is -3.84. The standard InChI is InChI=1S/C30H30FNO5/c1-18(33)15-21-9-7-11-23(16-21)26-20(3)32(13-8-14-36-4)29(34)27-24(19(2)30(35)37-28(26)27)17-22-10-5-6-12-25(22)31/h5-7,9-12,16H,8,13-15,17H2,1-4H3. The number of fused-ring (bicyclic) bond motifs is 1. The van der Waals surface area contributed by atoms with Gasteiger partial charge < -0.3 is 13.7 Å². The molecule has 0 bridgehead atoms. The van der Waals surface area contributed by atoms with Crippen LogP contribution < -0.4 is 11.2 Å². The molecule has 2 aromatic carbocycles. The van der Waals surface area contributed by atoms with Crippen LogP contribution in [0.25, 0.3) is 22.1 Å². The topological polar surface area (TPSA) is 78.5 Å². The molecule has 0 aliphatic heterocycles. The lowest BCUT2D eigenvalue weighted by molar-refractivity contribution is -0.116. The summed E-state index contributed by atoms with van der Waals surface area (Å²) in [6.45, 7) is 5.81. The highest BCUT2D eigenvalue weighted by molar-refractivity contribution is 5.95. The van der Waals surface area contributed by atoms with Crippen LogP contribution in [0.15, 0.2) is 62.5 Å². The molecule has 2 aromatic heterocycles. The summed E-state index contributed by atoms with van der Waals surface area (Å²) in [7, 11) is 1.60. The second-order valence-corrected chi connectivity index (χ2v) is 9.31. The maximum atomic E-state index is 14.6. The molecule has 0 saturated carbocycles. The number of nitrogens with zero attached hydrogens (tertiary/aromatic N) is 1. The first kappa shape index (κ1) is 26.2. The molecule has 4 rings (SSSR count). The quantitative estimate of drug-likeness (QED) is 0.296. The molecule has 192 valence electrons. The number of ether oxygens (including phenoxy) is 1. The SMILES string of the molecule is COCCCn1c(C)c(-c2cccc(CC(C)=O)c2)c2oc(=O)c(C)c(Cc3ccccc3F)c2c1=O. The lowest BCUT2D eigenvalue weighted by atomic mass is 9.93. The van der Waals surface area contributed by atoms with Crippen molar-refractivity contribution in [1.82, 2.24) is 4.57 Å². The van der Waals surface area contributed by atoms with E-state index in [-0.39, 0.29) is 40.7 Å². The number of Topliss-reactive ketones (excluding diaryl/α,β-unsaturated/α-hetero) is 1. The number of ketones is 1. The van der Waals surface area contributed by atoms with Crippen molar-refractivity contribution in [1.29, 1.82) is 0 Å². The minimum atomic E-state index is -0.573. The van der Waals surface area contributed by atoms with Crippen LogP contribution in [0, 0.1) is 19.7 Å². The Morgan fingerprint density at radius 2 is 1.84 bits per heavy atom. The lowest BCUT2D eigenvalue weighted by Gasteiger charge is -2.19. The van der Waals surface area contributed by atoms with Crippen molar-refractivity contribution in [2.45, 2.75) is 46.6 Å². The minimum absolute atomic E-state index is 0.0256. The van der Waals surface area contributed by atoms with E-state index < -0.39 is 11.4 Å². The molecule has 0 saturated heterocycles. The van der Waals surface area contributed by atoms with Gasteiger partial charge in [0.2, 0.25) is 0 Å². The van der Waals surface area contributed by atoms with Gasteiger partial charge >= 0.3 is 5.63 Å². The highest BCUT2D eigenvalue weighted by atomic mass is 19.1. The summed E-state index contributed by atoms with van der Waals surface area (Å²) in [5.41, 5.74) is 3.18. The van der Waals surface area contributed by atoms with E-state index >= 15 is 0 Å². The number of carbonyl (C=O) groups is 1. The molecule has 0 aliphatic rings. The zero-order chi connectivity index (χ0) is 26.7. The fraction of sp³-hybridized carbons (Fsp3) is 0.300. The maximum Gasteiger partial charge on any atom is 0.339 e. The largest absolute Gasteiger partial charge is 0.422 e. The van der Waals surface area contributed by atoms with Gasteiger partial charge in [-0.05, 0) is 55.5 Å². The Morgan fingerprint density at radius 1 is 1.08 bits per heavy atom. The Balaban J connectivity index is 2.08. The molecule has 0 fully saturated rings. The number of rotatable bonds is 9. The molecule has 0 unspecified atom stereocenters. The summed E-state index contributed by atoms with van der Waals surface area (Å²) in [6, 6.07) is 13.8. The average molecular weight is 504 g/mol. The normalized spacial score (nSPS) is 11.3. The zero-order valence-corrected chi connectivity index (χ0v) is 21.5. The molecule has 6 nitrogen and oxygen atoms in total. The van der Waals surface area contributed by atoms with Gasteiger partial charge in [-0.3, -0.25) is 9.59 Å². The van der Waals surface area contributed by atoms with E-state index in [9.17, 15) is 18.8 Å². The van der Waals surface area contributed by atoms with Crippen molar-refractivity contribution >= 4 is 16.8 Å². The smallest absolute Gasteiger partial charge is 0.339 e. The number of methoxy groups -OCH3 is 1. The number of carbonyl (C=O) groups excluding carboxylic acids is 1. The third kappa shape index (κ3) is 5.32. The number of hydrogen-bond donors (Lipinski definition) is 0.